The predicted molar refractivity (Wildman–Crippen MR) is 75.4 cm³/mol. The number of benzene rings is 2. The summed E-state index contributed by atoms with van der Waals surface area (Å²) in [5, 5.41) is 0.640. The van der Waals surface area contributed by atoms with Gasteiger partial charge in [-0.3, -0.25) is 4.79 Å². The molecular formula is C16H15ClO. The molecule has 18 heavy (non-hydrogen) atoms. The maximum absolute atomic E-state index is 12.3. The number of rotatable bonds is 3. The third kappa shape index (κ3) is 2.62. The van der Waals surface area contributed by atoms with E-state index in [1.807, 2.05) is 56.3 Å². The van der Waals surface area contributed by atoms with Gasteiger partial charge in [0.25, 0.3) is 0 Å². The lowest BCUT2D eigenvalue weighted by Crippen LogP contribution is -2.09. The highest BCUT2D eigenvalue weighted by Crippen LogP contribution is 2.23. The van der Waals surface area contributed by atoms with E-state index in [2.05, 4.69) is 0 Å². The van der Waals surface area contributed by atoms with E-state index in [1.165, 1.54) is 0 Å². The van der Waals surface area contributed by atoms with Gasteiger partial charge in [-0.05, 0) is 24.1 Å². The van der Waals surface area contributed by atoms with Gasteiger partial charge in [0, 0.05) is 16.5 Å². The Labute approximate surface area is 112 Å². The molecule has 0 aromatic heterocycles. The SMILES string of the molecule is Cc1ccc(C(=O)C(C)c2ccccc2)cc1Cl. The number of ketones is 1. The maximum Gasteiger partial charge on any atom is 0.170 e. The predicted octanol–water partition coefficient (Wildman–Crippen LogP) is 4.63. The van der Waals surface area contributed by atoms with Gasteiger partial charge < -0.3 is 0 Å². The lowest BCUT2D eigenvalue weighted by Gasteiger charge is -2.11. The van der Waals surface area contributed by atoms with Crippen LogP contribution < -0.4 is 0 Å². The largest absolute Gasteiger partial charge is 0.294 e. The monoisotopic (exact) mass is 258 g/mol. The van der Waals surface area contributed by atoms with Crippen LogP contribution in [0.25, 0.3) is 0 Å². The van der Waals surface area contributed by atoms with Crippen molar-refractivity contribution in [2.75, 3.05) is 0 Å². The first-order chi connectivity index (χ1) is 8.59. The molecule has 0 aliphatic rings. The summed E-state index contributed by atoms with van der Waals surface area (Å²) in [6.45, 7) is 3.85. The van der Waals surface area contributed by atoms with Gasteiger partial charge in [-0.25, -0.2) is 0 Å². The Hall–Kier alpha value is -1.60. The molecule has 0 spiro atoms. The van der Waals surface area contributed by atoms with E-state index in [9.17, 15) is 4.79 Å². The Balaban J connectivity index is 2.29. The zero-order valence-electron chi connectivity index (χ0n) is 10.5. The lowest BCUT2D eigenvalue weighted by molar-refractivity contribution is 0.0966. The average molecular weight is 259 g/mol. The molecule has 0 N–H and O–H groups in total. The molecule has 2 rings (SSSR count). The second-order valence-electron chi connectivity index (χ2n) is 4.46. The molecule has 0 radical (unpaired) electrons. The summed E-state index contributed by atoms with van der Waals surface area (Å²) in [6, 6.07) is 15.2. The molecule has 92 valence electrons. The highest BCUT2D eigenvalue weighted by Gasteiger charge is 2.17. The van der Waals surface area contributed by atoms with Gasteiger partial charge in [0.1, 0.15) is 0 Å². The van der Waals surface area contributed by atoms with Crippen molar-refractivity contribution in [1.29, 1.82) is 0 Å². The molecule has 1 unspecified atom stereocenters. The van der Waals surface area contributed by atoms with Crippen LogP contribution in [0.4, 0.5) is 0 Å². The van der Waals surface area contributed by atoms with E-state index in [0.29, 0.717) is 10.6 Å². The summed E-state index contributed by atoms with van der Waals surface area (Å²) in [6.07, 6.45) is 0. The molecule has 0 aliphatic carbocycles. The van der Waals surface area contributed by atoms with Crippen LogP contribution in [0, 0.1) is 6.92 Å². The molecule has 0 bridgehead atoms. The molecule has 1 nitrogen and oxygen atoms in total. The van der Waals surface area contributed by atoms with Crippen LogP contribution in [0.1, 0.15) is 34.3 Å². The fraction of sp³-hybridized carbons (Fsp3) is 0.188. The van der Waals surface area contributed by atoms with Crippen LogP contribution in [-0.2, 0) is 0 Å². The number of carbonyl (C=O) groups is 1. The number of hydrogen-bond acceptors (Lipinski definition) is 1. The summed E-state index contributed by atoms with van der Waals surface area (Å²) in [4.78, 5) is 12.3. The van der Waals surface area contributed by atoms with Crippen LogP contribution in [0.15, 0.2) is 48.5 Å². The third-order valence-electron chi connectivity index (χ3n) is 3.15. The van der Waals surface area contributed by atoms with E-state index in [-0.39, 0.29) is 11.7 Å². The summed E-state index contributed by atoms with van der Waals surface area (Å²) in [7, 11) is 0. The van der Waals surface area contributed by atoms with Gasteiger partial charge in [-0.1, -0.05) is 61.0 Å². The van der Waals surface area contributed by atoms with Crippen molar-refractivity contribution in [1.82, 2.24) is 0 Å². The molecule has 1 atom stereocenters. The zero-order chi connectivity index (χ0) is 13.1. The number of halogens is 1. The quantitative estimate of drug-likeness (QED) is 0.734. The normalized spacial score (nSPS) is 12.2. The topological polar surface area (TPSA) is 17.1 Å². The van der Waals surface area contributed by atoms with Gasteiger partial charge in [0.15, 0.2) is 5.78 Å². The molecule has 0 saturated heterocycles. The van der Waals surface area contributed by atoms with Crippen LogP contribution in [0.3, 0.4) is 0 Å². The van der Waals surface area contributed by atoms with E-state index in [0.717, 1.165) is 11.1 Å². The van der Waals surface area contributed by atoms with E-state index in [1.54, 1.807) is 6.07 Å². The summed E-state index contributed by atoms with van der Waals surface area (Å²) < 4.78 is 0. The van der Waals surface area contributed by atoms with Gasteiger partial charge in [-0.15, -0.1) is 0 Å². The third-order valence-corrected chi connectivity index (χ3v) is 3.56. The first kappa shape index (κ1) is 12.8. The smallest absolute Gasteiger partial charge is 0.170 e. The van der Waals surface area contributed by atoms with Gasteiger partial charge in [0.2, 0.25) is 0 Å². The molecule has 2 aromatic rings. The molecular weight excluding hydrogens is 244 g/mol. The van der Waals surface area contributed by atoms with Crippen molar-refractivity contribution in [3.8, 4) is 0 Å². The van der Waals surface area contributed by atoms with Crippen molar-refractivity contribution in [2.45, 2.75) is 19.8 Å². The molecule has 0 fully saturated rings. The minimum Gasteiger partial charge on any atom is -0.294 e. The molecule has 2 aromatic carbocycles. The van der Waals surface area contributed by atoms with Crippen molar-refractivity contribution in [2.24, 2.45) is 0 Å². The Kier molecular flexibility index (Phi) is 3.83. The molecule has 0 heterocycles. The second-order valence-corrected chi connectivity index (χ2v) is 4.87. The Bertz CT molecular complexity index is 561. The van der Waals surface area contributed by atoms with Crippen LogP contribution in [-0.4, -0.2) is 5.78 Å². The van der Waals surface area contributed by atoms with Crippen molar-refractivity contribution < 1.29 is 4.79 Å². The van der Waals surface area contributed by atoms with Crippen molar-refractivity contribution >= 4 is 17.4 Å². The minimum atomic E-state index is -0.148. The Morgan fingerprint density at radius 3 is 2.39 bits per heavy atom. The van der Waals surface area contributed by atoms with Gasteiger partial charge in [-0.2, -0.15) is 0 Å². The van der Waals surface area contributed by atoms with Crippen LogP contribution in [0.2, 0.25) is 5.02 Å². The van der Waals surface area contributed by atoms with E-state index < -0.39 is 0 Å². The molecule has 2 heteroatoms. The van der Waals surface area contributed by atoms with E-state index >= 15 is 0 Å². The lowest BCUT2D eigenvalue weighted by atomic mass is 9.92. The van der Waals surface area contributed by atoms with E-state index in [4.69, 9.17) is 11.6 Å². The standard InChI is InChI=1S/C16H15ClO/c1-11-8-9-14(10-15(11)17)16(18)12(2)13-6-4-3-5-7-13/h3-10,12H,1-2H3. The summed E-state index contributed by atoms with van der Waals surface area (Å²) in [5.41, 5.74) is 2.68. The summed E-state index contributed by atoms with van der Waals surface area (Å²) in [5.74, 6) is -0.0481. The Morgan fingerprint density at radius 1 is 1.11 bits per heavy atom. The first-order valence-corrected chi connectivity index (χ1v) is 6.32. The van der Waals surface area contributed by atoms with Gasteiger partial charge in [0.05, 0.1) is 0 Å². The van der Waals surface area contributed by atoms with Crippen LogP contribution in [0.5, 0.6) is 0 Å². The highest BCUT2D eigenvalue weighted by atomic mass is 35.5. The number of Topliss-reactive ketones (excluding diaryl/α,β-unsaturated/α-hetero) is 1. The summed E-state index contributed by atoms with van der Waals surface area (Å²) >= 11 is 6.06. The number of aryl methyl sites for hydroxylation is 1. The minimum absolute atomic E-state index is 0.100. The molecule has 0 amide bonds. The van der Waals surface area contributed by atoms with Crippen LogP contribution >= 0.6 is 11.6 Å². The molecule has 0 saturated carbocycles. The van der Waals surface area contributed by atoms with Gasteiger partial charge >= 0.3 is 0 Å². The average Bonchev–Trinajstić information content (AvgIpc) is 2.41. The fourth-order valence-electron chi connectivity index (χ4n) is 1.89. The molecule has 0 aliphatic heterocycles. The van der Waals surface area contributed by atoms with Crippen molar-refractivity contribution in [3.63, 3.8) is 0 Å². The number of hydrogen-bond donors (Lipinski definition) is 0. The maximum atomic E-state index is 12.3. The fourth-order valence-corrected chi connectivity index (χ4v) is 2.07. The zero-order valence-corrected chi connectivity index (χ0v) is 11.2. The first-order valence-electron chi connectivity index (χ1n) is 5.95. The highest BCUT2D eigenvalue weighted by molar-refractivity contribution is 6.31. The number of carbonyl (C=O) groups excluding carboxylic acids is 1. The van der Waals surface area contributed by atoms with Crippen molar-refractivity contribution in [3.05, 3.63) is 70.2 Å². The second kappa shape index (κ2) is 5.36. The Morgan fingerprint density at radius 2 is 1.78 bits per heavy atom.